The van der Waals surface area contributed by atoms with Gasteiger partial charge >= 0.3 is 0 Å². The van der Waals surface area contributed by atoms with Gasteiger partial charge in [-0.25, -0.2) is 8.42 Å². The maximum atomic E-state index is 12.6. The Bertz CT molecular complexity index is 886. The number of sulfonamides is 1. The number of piperazine rings is 1. The first-order chi connectivity index (χ1) is 11.5. The number of aromatic amines is 1. The molecule has 6 nitrogen and oxygen atoms in total. The minimum absolute atomic E-state index is 0.173. The summed E-state index contributed by atoms with van der Waals surface area (Å²) in [6, 6.07) is 11.7. The van der Waals surface area contributed by atoms with Gasteiger partial charge in [-0.05, 0) is 24.3 Å². The number of nitrogens with zero attached hydrogens (tertiary/aromatic N) is 2. The molecule has 0 radical (unpaired) electrons. The van der Waals surface area contributed by atoms with Crippen molar-refractivity contribution in [1.29, 1.82) is 0 Å². The third-order valence-electron chi connectivity index (χ3n) is 3.96. The number of carbonyl (C=O) groups is 1. The van der Waals surface area contributed by atoms with Crippen LogP contribution in [0.5, 0.6) is 0 Å². The SMILES string of the molecule is O=C(c1ccc[nH]c1=S)N1CCN(S(=O)(=O)c2ccccc2)CC1. The molecule has 0 unspecified atom stereocenters. The van der Waals surface area contributed by atoms with E-state index in [4.69, 9.17) is 12.2 Å². The van der Waals surface area contributed by atoms with E-state index < -0.39 is 10.0 Å². The number of hydrogen-bond acceptors (Lipinski definition) is 4. The van der Waals surface area contributed by atoms with Gasteiger partial charge in [0.25, 0.3) is 5.91 Å². The molecule has 126 valence electrons. The van der Waals surface area contributed by atoms with Crippen LogP contribution in [0.4, 0.5) is 0 Å². The quantitative estimate of drug-likeness (QED) is 0.845. The van der Waals surface area contributed by atoms with E-state index in [1.54, 1.807) is 53.6 Å². The Labute approximate surface area is 145 Å². The Morgan fingerprint density at radius 1 is 1.00 bits per heavy atom. The second kappa shape index (κ2) is 6.84. The van der Waals surface area contributed by atoms with Crippen molar-refractivity contribution in [2.45, 2.75) is 4.90 Å². The van der Waals surface area contributed by atoms with Crippen LogP contribution in [0.25, 0.3) is 0 Å². The summed E-state index contributed by atoms with van der Waals surface area (Å²) in [5.74, 6) is -0.173. The van der Waals surface area contributed by atoms with Crippen molar-refractivity contribution >= 4 is 28.1 Å². The van der Waals surface area contributed by atoms with E-state index in [2.05, 4.69) is 4.98 Å². The number of benzene rings is 1. The molecule has 8 heteroatoms. The molecule has 1 aromatic heterocycles. The number of carbonyl (C=O) groups excluding carboxylic acids is 1. The smallest absolute Gasteiger partial charge is 0.256 e. The molecule has 2 aromatic rings. The van der Waals surface area contributed by atoms with Gasteiger partial charge in [0.15, 0.2) is 0 Å². The normalized spacial score (nSPS) is 16.1. The molecule has 2 heterocycles. The van der Waals surface area contributed by atoms with Crippen LogP contribution in [-0.4, -0.2) is 54.7 Å². The van der Waals surface area contributed by atoms with E-state index in [0.29, 0.717) is 23.3 Å². The molecule has 1 fully saturated rings. The maximum absolute atomic E-state index is 12.6. The van der Waals surface area contributed by atoms with Crippen molar-refractivity contribution in [1.82, 2.24) is 14.2 Å². The molecule has 24 heavy (non-hydrogen) atoms. The summed E-state index contributed by atoms with van der Waals surface area (Å²) in [6.45, 7) is 1.22. The molecular weight excluding hydrogens is 346 g/mol. The molecule has 1 N–H and O–H groups in total. The zero-order valence-electron chi connectivity index (χ0n) is 12.9. The molecule has 1 saturated heterocycles. The van der Waals surface area contributed by atoms with Crippen molar-refractivity contribution in [3.8, 4) is 0 Å². The number of amides is 1. The lowest BCUT2D eigenvalue weighted by molar-refractivity contribution is 0.0697. The van der Waals surface area contributed by atoms with Crippen molar-refractivity contribution < 1.29 is 13.2 Å². The zero-order valence-corrected chi connectivity index (χ0v) is 14.5. The number of rotatable bonds is 3. The summed E-state index contributed by atoms with van der Waals surface area (Å²) in [6.07, 6.45) is 1.67. The largest absolute Gasteiger partial charge is 0.352 e. The van der Waals surface area contributed by atoms with Gasteiger partial charge in [0.05, 0.1) is 10.5 Å². The number of aromatic nitrogens is 1. The van der Waals surface area contributed by atoms with E-state index >= 15 is 0 Å². The molecule has 1 aliphatic rings. The van der Waals surface area contributed by atoms with Gasteiger partial charge in [0.1, 0.15) is 4.64 Å². The summed E-state index contributed by atoms with van der Waals surface area (Å²) in [5.41, 5.74) is 0.437. The molecule has 3 rings (SSSR count). The first-order valence-electron chi connectivity index (χ1n) is 7.52. The van der Waals surface area contributed by atoms with Crippen molar-refractivity contribution in [3.63, 3.8) is 0 Å². The summed E-state index contributed by atoms with van der Waals surface area (Å²) in [4.78, 5) is 17.3. The topological polar surface area (TPSA) is 73.5 Å². The highest BCUT2D eigenvalue weighted by atomic mass is 32.2. The molecule has 0 bridgehead atoms. The number of H-pyrrole nitrogens is 1. The minimum atomic E-state index is -3.52. The number of pyridine rings is 1. The van der Waals surface area contributed by atoms with Crippen LogP contribution >= 0.6 is 12.2 Å². The summed E-state index contributed by atoms with van der Waals surface area (Å²) in [7, 11) is -3.52. The predicted octanol–water partition coefficient (Wildman–Crippen LogP) is 1.89. The first kappa shape index (κ1) is 16.8. The molecule has 0 atom stereocenters. The first-order valence-corrected chi connectivity index (χ1v) is 9.37. The van der Waals surface area contributed by atoms with Crippen molar-refractivity contribution in [3.05, 3.63) is 58.9 Å². The van der Waals surface area contributed by atoms with Crippen LogP contribution < -0.4 is 0 Å². The molecule has 0 aliphatic carbocycles. The second-order valence-electron chi connectivity index (χ2n) is 5.42. The Morgan fingerprint density at radius 2 is 1.67 bits per heavy atom. The predicted molar refractivity (Wildman–Crippen MR) is 92.7 cm³/mol. The Morgan fingerprint density at radius 3 is 2.29 bits per heavy atom. The fourth-order valence-electron chi connectivity index (χ4n) is 2.63. The van der Waals surface area contributed by atoms with E-state index in [1.165, 1.54) is 4.31 Å². The second-order valence-corrected chi connectivity index (χ2v) is 7.77. The lowest BCUT2D eigenvalue weighted by Crippen LogP contribution is -2.50. The van der Waals surface area contributed by atoms with Gasteiger partial charge in [-0.3, -0.25) is 4.79 Å². The fourth-order valence-corrected chi connectivity index (χ4v) is 4.30. The van der Waals surface area contributed by atoms with E-state index in [1.807, 2.05) is 0 Å². The fraction of sp³-hybridized carbons (Fsp3) is 0.250. The summed E-state index contributed by atoms with van der Waals surface area (Å²) >= 11 is 5.13. The summed E-state index contributed by atoms with van der Waals surface area (Å²) < 4.78 is 27.0. The van der Waals surface area contributed by atoms with Crippen LogP contribution in [0, 0.1) is 4.64 Å². The van der Waals surface area contributed by atoms with Crippen molar-refractivity contribution in [2.75, 3.05) is 26.2 Å². The van der Waals surface area contributed by atoms with Gasteiger partial charge in [-0.15, -0.1) is 0 Å². The third kappa shape index (κ3) is 3.26. The lowest BCUT2D eigenvalue weighted by Gasteiger charge is -2.34. The molecule has 1 amide bonds. The van der Waals surface area contributed by atoms with E-state index in [0.717, 1.165) is 0 Å². The average Bonchev–Trinajstić information content (AvgIpc) is 2.62. The molecular formula is C16H17N3O3S2. The molecule has 0 saturated carbocycles. The highest BCUT2D eigenvalue weighted by Crippen LogP contribution is 2.18. The Kier molecular flexibility index (Phi) is 4.79. The molecule has 1 aromatic carbocycles. The summed E-state index contributed by atoms with van der Waals surface area (Å²) in [5, 5.41) is 0. The highest BCUT2D eigenvalue weighted by Gasteiger charge is 2.30. The van der Waals surface area contributed by atoms with Crippen molar-refractivity contribution in [2.24, 2.45) is 0 Å². The van der Waals surface area contributed by atoms with Gasteiger partial charge in [0.2, 0.25) is 10.0 Å². The molecule has 1 aliphatic heterocycles. The maximum Gasteiger partial charge on any atom is 0.256 e. The Hall–Kier alpha value is -2.03. The molecule has 0 spiro atoms. The van der Waals surface area contributed by atoms with Crippen LogP contribution in [0.3, 0.4) is 0 Å². The van der Waals surface area contributed by atoms with Crippen LogP contribution in [0.1, 0.15) is 10.4 Å². The average molecular weight is 363 g/mol. The van der Waals surface area contributed by atoms with Crippen LogP contribution in [0.15, 0.2) is 53.6 Å². The van der Waals surface area contributed by atoms with Gasteiger partial charge in [-0.1, -0.05) is 30.4 Å². The number of hydrogen-bond donors (Lipinski definition) is 1. The third-order valence-corrected chi connectivity index (χ3v) is 6.21. The number of nitrogens with one attached hydrogen (secondary N) is 1. The van der Waals surface area contributed by atoms with Gasteiger partial charge < -0.3 is 9.88 Å². The Balaban J connectivity index is 1.71. The van der Waals surface area contributed by atoms with Crippen LogP contribution in [0.2, 0.25) is 0 Å². The standard InChI is InChI=1S/C16H17N3O3S2/c20-16(14-7-4-8-17-15(14)23)18-9-11-19(12-10-18)24(21,22)13-5-2-1-3-6-13/h1-8H,9-12H2,(H,17,23). The van der Waals surface area contributed by atoms with E-state index in [-0.39, 0.29) is 23.9 Å². The minimum Gasteiger partial charge on any atom is -0.352 e. The van der Waals surface area contributed by atoms with Gasteiger partial charge in [0, 0.05) is 32.4 Å². The van der Waals surface area contributed by atoms with E-state index in [9.17, 15) is 13.2 Å². The van der Waals surface area contributed by atoms with Gasteiger partial charge in [-0.2, -0.15) is 4.31 Å². The van der Waals surface area contributed by atoms with Crippen LogP contribution in [-0.2, 0) is 10.0 Å². The highest BCUT2D eigenvalue weighted by molar-refractivity contribution is 7.89. The zero-order chi connectivity index (χ0) is 17.2. The monoisotopic (exact) mass is 363 g/mol. The lowest BCUT2D eigenvalue weighted by atomic mass is 10.2.